The van der Waals surface area contributed by atoms with E-state index >= 15 is 0 Å². The molecule has 0 aliphatic carbocycles. The molecule has 0 aliphatic heterocycles. The summed E-state index contributed by atoms with van der Waals surface area (Å²) < 4.78 is 6.63. The van der Waals surface area contributed by atoms with E-state index in [1.807, 2.05) is 41.0 Å². The summed E-state index contributed by atoms with van der Waals surface area (Å²) in [5.41, 5.74) is 8.89. The fraction of sp³-hybridized carbons (Fsp3) is 0. The first kappa shape index (κ1) is 28.5. The minimum absolute atomic E-state index is 0.338. The lowest BCUT2D eigenvalue weighted by molar-refractivity contribution is 1.19. The van der Waals surface area contributed by atoms with Crippen molar-refractivity contribution in [3.63, 3.8) is 0 Å². The zero-order valence-corrected chi connectivity index (χ0v) is 28.4. The van der Waals surface area contributed by atoms with Gasteiger partial charge >= 0.3 is 0 Å². The normalized spacial score (nSPS) is 12.3. The number of nitrogens with one attached hydrogen (secondary N) is 2. The molecule has 8 aromatic carbocycles. The summed E-state index contributed by atoms with van der Waals surface area (Å²) in [6.07, 6.45) is 0. The molecule has 12 rings (SSSR count). The summed E-state index contributed by atoms with van der Waals surface area (Å²) in [6.45, 7) is 0. The minimum Gasteiger partial charge on any atom is -0.307 e. The molecule has 0 aliphatic rings. The smallest absolute Gasteiger partial charge is 0.138 e. The highest BCUT2D eigenvalue weighted by atomic mass is 15.1. The van der Waals surface area contributed by atoms with Gasteiger partial charge in [0.1, 0.15) is 11.7 Å². The van der Waals surface area contributed by atoms with E-state index in [0.717, 1.165) is 49.0 Å². The summed E-state index contributed by atoms with van der Waals surface area (Å²) >= 11 is 0. The molecule has 0 atom stereocenters. The second kappa shape index (κ2) is 10.2. The number of para-hydroxylation sites is 4. The quantitative estimate of drug-likeness (QED) is 0.135. The molecule has 53 heavy (non-hydrogen) atoms. The van der Waals surface area contributed by atoms with Crippen molar-refractivity contribution in [1.29, 1.82) is 10.8 Å². The van der Waals surface area contributed by atoms with Crippen LogP contribution in [0.4, 0.5) is 0 Å². The average molecular weight is 676 g/mol. The van der Waals surface area contributed by atoms with Crippen LogP contribution in [0.3, 0.4) is 0 Å². The van der Waals surface area contributed by atoms with Gasteiger partial charge in [0, 0.05) is 59.6 Å². The number of aromatic nitrogens is 3. The molecular weight excluding hydrogens is 647 g/mol. The lowest BCUT2D eigenvalue weighted by atomic mass is 10.0. The van der Waals surface area contributed by atoms with Crippen molar-refractivity contribution < 1.29 is 0 Å². The standard InChI is InChI=1S/C48H29N5/c49-47(51-39-21-9-5-15-30(39)31-16-6-10-22-40(31)51)34-19-3-4-20-35(34)48(50)53-42-24-12-8-18-33(42)38-27-37-32-17-7-11-23-41(32)52-44-29-14-2-1-13-28(29)25-26-36(44)43(45(37)52)46(38)53/h1-27,49-50H. The lowest BCUT2D eigenvalue weighted by Gasteiger charge is -2.17. The van der Waals surface area contributed by atoms with Crippen molar-refractivity contribution in [3.05, 3.63) is 175 Å². The first-order valence-corrected chi connectivity index (χ1v) is 18.0. The zero-order valence-electron chi connectivity index (χ0n) is 28.4. The number of hydrogen-bond acceptors (Lipinski definition) is 2. The van der Waals surface area contributed by atoms with Crippen molar-refractivity contribution in [1.82, 2.24) is 13.5 Å². The Morgan fingerprint density at radius 3 is 1.43 bits per heavy atom. The van der Waals surface area contributed by atoms with Crippen LogP contribution >= 0.6 is 0 Å². The van der Waals surface area contributed by atoms with Gasteiger partial charge in [-0.3, -0.25) is 20.0 Å². The second-order valence-corrected chi connectivity index (χ2v) is 14.0. The molecule has 0 saturated heterocycles. The molecule has 0 bridgehead atoms. The number of rotatable bonds is 2. The van der Waals surface area contributed by atoms with Crippen LogP contribution in [0.25, 0.3) is 92.5 Å². The SMILES string of the molecule is N=C(c1ccccc1C(=N)n1c2ccccc2c2cc3c4ccccc4n4c5c6ccccc6ccc5c(c21)c34)n1c2ccccc2c2ccccc21. The number of benzene rings is 8. The van der Waals surface area contributed by atoms with Crippen LogP contribution in [0.15, 0.2) is 164 Å². The Morgan fingerprint density at radius 2 is 0.792 bits per heavy atom. The van der Waals surface area contributed by atoms with Gasteiger partial charge in [0.05, 0.1) is 38.6 Å². The maximum Gasteiger partial charge on any atom is 0.138 e. The molecule has 246 valence electrons. The van der Waals surface area contributed by atoms with Crippen LogP contribution in [0.2, 0.25) is 0 Å². The number of nitrogens with zero attached hydrogens (tertiary/aromatic N) is 3. The van der Waals surface area contributed by atoms with Crippen LogP contribution in [0, 0.1) is 10.8 Å². The van der Waals surface area contributed by atoms with Crippen molar-refractivity contribution in [2.75, 3.05) is 0 Å². The van der Waals surface area contributed by atoms with Crippen molar-refractivity contribution in [3.8, 4) is 0 Å². The molecule has 0 amide bonds. The Balaban J connectivity index is 1.20. The number of fused-ring (bicyclic) bond motifs is 15. The largest absolute Gasteiger partial charge is 0.307 e. The third-order valence-corrected chi connectivity index (χ3v) is 11.4. The van der Waals surface area contributed by atoms with Gasteiger partial charge < -0.3 is 4.40 Å². The first-order valence-electron chi connectivity index (χ1n) is 18.0. The van der Waals surface area contributed by atoms with E-state index in [-0.39, 0.29) is 0 Å². The molecule has 0 radical (unpaired) electrons. The van der Waals surface area contributed by atoms with Crippen LogP contribution in [0.5, 0.6) is 0 Å². The molecular formula is C48H29N5. The van der Waals surface area contributed by atoms with E-state index in [1.165, 1.54) is 43.5 Å². The predicted octanol–water partition coefficient (Wildman–Crippen LogP) is 12.0. The molecule has 0 fully saturated rings. The van der Waals surface area contributed by atoms with E-state index in [1.54, 1.807) is 0 Å². The average Bonchev–Trinajstić information content (AvgIpc) is 3.94. The van der Waals surface area contributed by atoms with E-state index in [4.69, 9.17) is 0 Å². The van der Waals surface area contributed by atoms with Gasteiger partial charge in [0.2, 0.25) is 0 Å². The van der Waals surface area contributed by atoms with Gasteiger partial charge in [0.15, 0.2) is 0 Å². The van der Waals surface area contributed by atoms with E-state index < -0.39 is 0 Å². The highest BCUT2D eigenvalue weighted by Gasteiger charge is 2.27. The van der Waals surface area contributed by atoms with E-state index in [0.29, 0.717) is 22.8 Å². The van der Waals surface area contributed by atoms with Gasteiger partial charge in [-0.15, -0.1) is 0 Å². The zero-order chi connectivity index (χ0) is 34.9. The van der Waals surface area contributed by atoms with Gasteiger partial charge in [-0.05, 0) is 35.7 Å². The Labute approximate surface area is 302 Å². The van der Waals surface area contributed by atoms with Crippen molar-refractivity contribution in [2.45, 2.75) is 0 Å². The van der Waals surface area contributed by atoms with Crippen molar-refractivity contribution in [2.24, 2.45) is 0 Å². The van der Waals surface area contributed by atoms with Gasteiger partial charge in [-0.2, -0.15) is 0 Å². The second-order valence-electron chi connectivity index (χ2n) is 14.0. The highest BCUT2D eigenvalue weighted by molar-refractivity contribution is 6.37. The number of hydrogen-bond donors (Lipinski definition) is 2. The molecule has 12 aromatic rings. The van der Waals surface area contributed by atoms with Crippen LogP contribution in [-0.4, -0.2) is 25.2 Å². The molecule has 0 saturated carbocycles. The Bertz CT molecular complexity index is 3500. The molecule has 4 heterocycles. The summed E-state index contributed by atoms with van der Waals surface area (Å²) in [7, 11) is 0. The minimum atomic E-state index is 0.338. The predicted molar refractivity (Wildman–Crippen MR) is 222 cm³/mol. The fourth-order valence-corrected chi connectivity index (χ4v) is 9.29. The summed E-state index contributed by atoms with van der Waals surface area (Å²) in [5.74, 6) is 0.678. The van der Waals surface area contributed by atoms with Gasteiger partial charge in [-0.1, -0.05) is 133 Å². The fourth-order valence-electron chi connectivity index (χ4n) is 9.29. The molecule has 0 unspecified atom stereocenters. The Hall–Kier alpha value is -7.24. The topological polar surface area (TPSA) is 62.0 Å². The summed E-state index contributed by atoms with van der Waals surface area (Å²) in [5, 5.41) is 31.6. The van der Waals surface area contributed by atoms with Gasteiger partial charge in [0.25, 0.3) is 0 Å². The Morgan fingerprint density at radius 1 is 0.340 bits per heavy atom. The third kappa shape index (κ3) is 3.55. The maximum atomic E-state index is 10.2. The van der Waals surface area contributed by atoms with E-state index in [9.17, 15) is 10.8 Å². The lowest BCUT2D eigenvalue weighted by Crippen LogP contribution is -2.20. The summed E-state index contributed by atoms with van der Waals surface area (Å²) in [4.78, 5) is 0. The van der Waals surface area contributed by atoms with Crippen molar-refractivity contribution >= 4 is 104 Å². The highest BCUT2D eigenvalue weighted by Crippen LogP contribution is 2.47. The molecule has 5 heteroatoms. The van der Waals surface area contributed by atoms with Crippen LogP contribution in [0.1, 0.15) is 11.1 Å². The van der Waals surface area contributed by atoms with Crippen LogP contribution in [-0.2, 0) is 0 Å². The maximum absolute atomic E-state index is 10.2. The molecule has 2 N–H and O–H groups in total. The molecule has 0 spiro atoms. The van der Waals surface area contributed by atoms with E-state index in [2.05, 4.69) is 136 Å². The monoisotopic (exact) mass is 675 g/mol. The first-order chi connectivity index (χ1) is 26.2. The van der Waals surface area contributed by atoms with Crippen LogP contribution < -0.4 is 0 Å². The molecule has 4 aromatic heterocycles. The Kier molecular flexibility index (Phi) is 5.47. The summed E-state index contributed by atoms with van der Waals surface area (Å²) in [6, 6.07) is 57.2. The molecule has 5 nitrogen and oxygen atoms in total. The van der Waals surface area contributed by atoms with Gasteiger partial charge in [-0.25, -0.2) is 0 Å². The third-order valence-electron chi connectivity index (χ3n) is 11.4.